The summed E-state index contributed by atoms with van der Waals surface area (Å²) < 4.78 is 0. The van der Waals surface area contributed by atoms with Crippen molar-refractivity contribution in [2.45, 2.75) is 46.6 Å². The first-order valence-electron chi connectivity index (χ1n) is 7.62. The van der Waals surface area contributed by atoms with E-state index in [0.717, 1.165) is 24.7 Å². The molecule has 2 rings (SSSR count). The Kier molecular flexibility index (Phi) is 5.20. The van der Waals surface area contributed by atoms with Crippen molar-refractivity contribution in [3.63, 3.8) is 0 Å². The van der Waals surface area contributed by atoms with E-state index in [2.05, 4.69) is 42.0 Å². The van der Waals surface area contributed by atoms with Crippen LogP contribution in [0.4, 0.5) is 5.69 Å². The molecule has 0 aliphatic carbocycles. The van der Waals surface area contributed by atoms with Gasteiger partial charge in [-0.3, -0.25) is 4.98 Å². The summed E-state index contributed by atoms with van der Waals surface area (Å²) in [6, 6.07) is 2.25. The predicted molar refractivity (Wildman–Crippen MR) is 81.6 cm³/mol. The Morgan fingerprint density at radius 2 is 2.21 bits per heavy atom. The van der Waals surface area contributed by atoms with E-state index in [1.165, 1.54) is 43.6 Å². The van der Waals surface area contributed by atoms with E-state index in [1.807, 2.05) is 6.20 Å². The summed E-state index contributed by atoms with van der Waals surface area (Å²) in [5.74, 6) is 0.866. The average Bonchev–Trinajstić information content (AvgIpc) is 2.62. The quantitative estimate of drug-likeness (QED) is 0.902. The highest BCUT2D eigenvalue weighted by Gasteiger charge is 2.16. The summed E-state index contributed by atoms with van der Waals surface area (Å²) >= 11 is 0. The molecular weight excluding hydrogens is 234 g/mol. The fourth-order valence-corrected chi connectivity index (χ4v) is 2.77. The van der Waals surface area contributed by atoms with Crippen LogP contribution < -0.4 is 10.2 Å². The summed E-state index contributed by atoms with van der Waals surface area (Å²) in [6.45, 7) is 10.9. The standard InChI is InChI=1S/C16H27N3/c1-4-17-11-15-12-18-14(3)10-16(15)19-8-5-6-13(2)7-9-19/h10,12-13,17H,4-9,11H2,1-3H3. The average molecular weight is 261 g/mol. The number of anilines is 1. The van der Waals surface area contributed by atoms with Gasteiger partial charge in [0, 0.05) is 42.8 Å². The van der Waals surface area contributed by atoms with Crippen molar-refractivity contribution in [1.29, 1.82) is 0 Å². The molecule has 1 aromatic heterocycles. The van der Waals surface area contributed by atoms with E-state index >= 15 is 0 Å². The van der Waals surface area contributed by atoms with Crippen molar-refractivity contribution in [3.05, 3.63) is 23.5 Å². The number of nitrogens with one attached hydrogen (secondary N) is 1. The van der Waals surface area contributed by atoms with E-state index in [1.54, 1.807) is 0 Å². The maximum absolute atomic E-state index is 4.46. The van der Waals surface area contributed by atoms with Crippen LogP contribution in [0.2, 0.25) is 0 Å². The number of aryl methyl sites for hydroxylation is 1. The SMILES string of the molecule is CCNCc1cnc(C)cc1N1CCCC(C)CC1. The van der Waals surface area contributed by atoms with Crippen molar-refractivity contribution in [2.75, 3.05) is 24.5 Å². The third-order valence-corrected chi connectivity index (χ3v) is 4.02. The number of pyridine rings is 1. The normalized spacial score (nSPS) is 20.4. The highest BCUT2D eigenvalue weighted by molar-refractivity contribution is 5.53. The summed E-state index contributed by atoms with van der Waals surface area (Å²) in [4.78, 5) is 7.02. The minimum Gasteiger partial charge on any atom is -0.371 e. The molecule has 1 saturated heterocycles. The molecule has 2 heterocycles. The molecule has 0 radical (unpaired) electrons. The van der Waals surface area contributed by atoms with E-state index in [0.29, 0.717) is 0 Å². The van der Waals surface area contributed by atoms with Crippen LogP contribution >= 0.6 is 0 Å². The zero-order chi connectivity index (χ0) is 13.7. The second-order valence-electron chi connectivity index (χ2n) is 5.76. The van der Waals surface area contributed by atoms with Crippen molar-refractivity contribution in [2.24, 2.45) is 5.92 Å². The number of nitrogens with zero attached hydrogens (tertiary/aromatic N) is 2. The molecular formula is C16H27N3. The zero-order valence-electron chi connectivity index (χ0n) is 12.6. The first-order chi connectivity index (χ1) is 9.20. The highest BCUT2D eigenvalue weighted by atomic mass is 15.1. The molecule has 1 aliphatic rings. The molecule has 1 aromatic rings. The second-order valence-corrected chi connectivity index (χ2v) is 5.76. The Hall–Kier alpha value is -1.09. The van der Waals surface area contributed by atoms with Crippen LogP contribution in [0.1, 0.15) is 44.4 Å². The van der Waals surface area contributed by atoms with Crippen LogP contribution in [0.25, 0.3) is 0 Å². The lowest BCUT2D eigenvalue weighted by Crippen LogP contribution is -2.26. The van der Waals surface area contributed by atoms with Gasteiger partial charge >= 0.3 is 0 Å². The Labute approximate surface area is 117 Å². The van der Waals surface area contributed by atoms with Gasteiger partial charge in [0.25, 0.3) is 0 Å². The molecule has 1 unspecified atom stereocenters. The monoisotopic (exact) mass is 261 g/mol. The fourth-order valence-electron chi connectivity index (χ4n) is 2.77. The molecule has 0 bridgehead atoms. The van der Waals surface area contributed by atoms with Gasteiger partial charge in [0.15, 0.2) is 0 Å². The zero-order valence-corrected chi connectivity index (χ0v) is 12.6. The van der Waals surface area contributed by atoms with Gasteiger partial charge < -0.3 is 10.2 Å². The van der Waals surface area contributed by atoms with Crippen LogP contribution in [0.15, 0.2) is 12.3 Å². The van der Waals surface area contributed by atoms with Crippen LogP contribution in [-0.2, 0) is 6.54 Å². The molecule has 1 aliphatic heterocycles. The number of hydrogen-bond donors (Lipinski definition) is 1. The summed E-state index contributed by atoms with van der Waals surface area (Å²) in [5.41, 5.74) is 3.84. The summed E-state index contributed by atoms with van der Waals surface area (Å²) in [7, 11) is 0. The highest BCUT2D eigenvalue weighted by Crippen LogP contribution is 2.26. The Bertz CT molecular complexity index is 403. The van der Waals surface area contributed by atoms with Crippen molar-refractivity contribution in [3.8, 4) is 0 Å². The molecule has 19 heavy (non-hydrogen) atoms. The maximum Gasteiger partial charge on any atom is 0.0445 e. The third-order valence-electron chi connectivity index (χ3n) is 4.02. The minimum absolute atomic E-state index is 0.866. The number of hydrogen-bond acceptors (Lipinski definition) is 3. The lowest BCUT2D eigenvalue weighted by molar-refractivity contribution is 0.521. The third kappa shape index (κ3) is 3.93. The van der Waals surface area contributed by atoms with Gasteiger partial charge in [0.05, 0.1) is 0 Å². The van der Waals surface area contributed by atoms with Crippen molar-refractivity contribution in [1.82, 2.24) is 10.3 Å². The molecule has 0 saturated carbocycles. The topological polar surface area (TPSA) is 28.2 Å². The predicted octanol–water partition coefficient (Wildman–Crippen LogP) is 3.13. The van der Waals surface area contributed by atoms with Crippen LogP contribution in [-0.4, -0.2) is 24.6 Å². The first kappa shape index (κ1) is 14.3. The van der Waals surface area contributed by atoms with Gasteiger partial charge in [-0.05, 0) is 44.7 Å². The number of rotatable bonds is 4. The minimum atomic E-state index is 0.866. The van der Waals surface area contributed by atoms with Crippen molar-refractivity contribution < 1.29 is 0 Å². The van der Waals surface area contributed by atoms with Gasteiger partial charge in [-0.2, -0.15) is 0 Å². The van der Waals surface area contributed by atoms with Gasteiger partial charge in [-0.1, -0.05) is 13.8 Å². The van der Waals surface area contributed by atoms with Crippen molar-refractivity contribution >= 4 is 5.69 Å². The Morgan fingerprint density at radius 1 is 1.37 bits per heavy atom. The molecule has 1 fully saturated rings. The lowest BCUT2D eigenvalue weighted by atomic mass is 10.0. The molecule has 106 valence electrons. The molecule has 1 atom stereocenters. The Balaban J connectivity index is 2.18. The van der Waals surface area contributed by atoms with Gasteiger partial charge in [-0.15, -0.1) is 0 Å². The van der Waals surface area contributed by atoms with E-state index in [4.69, 9.17) is 0 Å². The first-order valence-corrected chi connectivity index (χ1v) is 7.62. The largest absolute Gasteiger partial charge is 0.371 e. The Morgan fingerprint density at radius 3 is 3.00 bits per heavy atom. The maximum atomic E-state index is 4.46. The molecule has 1 N–H and O–H groups in total. The van der Waals surface area contributed by atoms with Gasteiger partial charge in [0.1, 0.15) is 0 Å². The summed E-state index contributed by atoms with van der Waals surface area (Å²) in [6.07, 6.45) is 6.02. The van der Waals surface area contributed by atoms with E-state index in [9.17, 15) is 0 Å². The van der Waals surface area contributed by atoms with Crippen LogP contribution in [0.5, 0.6) is 0 Å². The lowest BCUT2D eigenvalue weighted by Gasteiger charge is -2.26. The molecule has 0 spiro atoms. The fraction of sp³-hybridized carbons (Fsp3) is 0.688. The van der Waals surface area contributed by atoms with Crippen LogP contribution in [0, 0.1) is 12.8 Å². The smallest absolute Gasteiger partial charge is 0.0445 e. The molecule has 0 aromatic carbocycles. The van der Waals surface area contributed by atoms with Gasteiger partial charge in [0.2, 0.25) is 0 Å². The van der Waals surface area contributed by atoms with E-state index < -0.39 is 0 Å². The molecule has 0 amide bonds. The molecule has 3 nitrogen and oxygen atoms in total. The molecule has 3 heteroatoms. The van der Waals surface area contributed by atoms with E-state index in [-0.39, 0.29) is 0 Å². The van der Waals surface area contributed by atoms with Gasteiger partial charge in [-0.25, -0.2) is 0 Å². The number of aromatic nitrogens is 1. The second kappa shape index (κ2) is 6.90. The summed E-state index contributed by atoms with van der Waals surface area (Å²) in [5, 5.41) is 3.42. The van der Waals surface area contributed by atoms with Crippen LogP contribution in [0.3, 0.4) is 0 Å².